The van der Waals surface area contributed by atoms with Gasteiger partial charge >= 0.3 is 12.0 Å². The van der Waals surface area contributed by atoms with Gasteiger partial charge in [0.15, 0.2) is 0 Å². The number of urea groups is 1. The van der Waals surface area contributed by atoms with Crippen LogP contribution in [-0.4, -0.2) is 47.3 Å². The SMILES string of the molecule is CC1CN(C(=O)Nc2ccc(Cl)cc2C(=O)O)C(C)CO1. The molecule has 0 aliphatic carbocycles. The molecule has 1 aliphatic heterocycles. The van der Waals surface area contributed by atoms with E-state index in [1.165, 1.54) is 18.2 Å². The first kappa shape index (κ1) is 15.6. The van der Waals surface area contributed by atoms with E-state index in [2.05, 4.69) is 5.32 Å². The Morgan fingerprint density at radius 1 is 1.43 bits per heavy atom. The molecule has 0 spiro atoms. The Morgan fingerprint density at radius 3 is 2.81 bits per heavy atom. The van der Waals surface area contributed by atoms with Gasteiger partial charge in [0.2, 0.25) is 0 Å². The van der Waals surface area contributed by atoms with Crippen LogP contribution in [0.2, 0.25) is 5.02 Å². The Balaban J connectivity index is 2.17. The van der Waals surface area contributed by atoms with Gasteiger partial charge in [-0.15, -0.1) is 0 Å². The molecule has 0 aromatic heterocycles. The summed E-state index contributed by atoms with van der Waals surface area (Å²) in [6, 6.07) is 3.92. The molecule has 2 amide bonds. The second-order valence-electron chi connectivity index (χ2n) is 5.07. The summed E-state index contributed by atoms with van der Waals surface area (Å²) in [4.78, 5) is 25.2. The summed E-state index contributed by atoms with van der Waals surface area (Å²) in [7, 11) is 0. The molecule has 21 heavy (non-hydrogen) atoms. The van der Waals surface area contributed by atoms with Gasteiger partial charge in [-0.3, -0.25) is 0 Å². The third kappa shape index (κ3) is 3.65. The topological polar surface area (TPSA) is 78.9 Å². The fourth-order valence-corrected chi connectivity index (χ4v) is 2.35. The second-order valence-corrected chi connectivity index (χ2v) is 5.51. The minimum Gasteiger partial charge on any atom is -0.478 e. The van der Waals surface area contributed by atoms with Crippen molar-refractivity contribution < 1.29 is 19.4 Å². The molecule has 1 aliphatic rings. The van der Waals surface area contributed by atoms with E-state index >= 15 is 0 Å². The molecule has 1 aromatic rings. The van der Waals surface area contributed by atoms with Crippen LogP contribution >= 0.6 is 11.6 Å². The Bertz CT molecular complexity index is 564. The van der Waals surface area contributed by atoms with Gasteiger partial charge < -0.3 is 20.1 Å². The number of carboxylic acid groups (broad SMARTS) is 1. The van der Waals surface area contributed by atoms with Crippen LogP contribution in [0.1, 0.15) is 24.2 Å². The number of carbonyl (C=O) groups excluding carboxylic acids is 1. The van der Waals surface area contributed by atoms with Crippen molar-refractivity contribution >= 4 is 29.3 Å². The molecule has 2 N–H and O–H groups in total. The third-order valence-electron chi connectivity index (χ3n) is 3.32. The number of benzene rings is 1. The van der Waals surface area contributed by atoms with Crippen molar-refractivity contribution in [1.29, 1.82) is 0 Å². The minimum atomic E-state index is -1.14. The van der Waals surface area contributed by atoms with E-state index in [9.17, 15) is 9.59 Å². The van der Waals surface area contributed by atoms with Gasteiger partial charge in [-0.2, -0.15) is 0 Å². The van der Waals surface area contributed by atoms with E-state index in [0.29, 0.717) is 18.2 Å². The standard InChI is InChI=1S/C14H17ClN2O4/c1-8-7-21-9(2)6-17(8)14(20)16-12-4-3-10(15)5-11(12)13(18)19/h3-5,8-9H,6-7H2,1-2H3,(H,16,20)(H,18,19). The van der Waals surface area contributed by atoms with E-state index in [-0.39, 0.29) is 29.4 Å². The van der Waals surface area contributed by atoms with Crippen molar-refractivity contribution in [3.63, 3.8) is 0 Å². The summed E-state index contributed by atoms with van der Waals surface area (Å²) in [5, 5.41) is 12.1. The molecule has 1 aromatic carbocycles. The quantitative estimate of drug-likeness (QED) is 0.880. The molecular weight excluding hydrogens is 296 g/mol. The molecule has 114 valence electrons. The molecule has 6 nitrogen and oxygen atoms in total. The van der Waals surface area contributed by atoms with Crippen molar-refractivity contribution in [1.82, 2.24) is 4.90 Å². The predicted octanol–water partition coefficient (Wildman–Crippen LogP) is 2.68. The van der Waals surface area contributed by atoms with Gasteiger partial charge in [0, 0.05) is 11.6 Å². The van der Waals surface area contributed by atoms with Crippen LogP contribution in [0.3, 0.4) is 0 Å². The maximum absolute atomic E-state index is 12.3. The molecule has 2 rings (SSSR count). The normalized spacial score (nSPS) is 22.0. The molecule has 1 saturated heterocycles. The van der Waals surface area contributed by atoms with Crippen LogP contribution in [0.15, 0.2) is 18.2 Å². The number of hydrogen-bond acceptors (Lipinski definition) is 3. The van der Waals surface area contributed by atoms with Crippen molar-refractivity contribution in [2.45, 2.75) is 26.0 Å². The van der Waals surface area contributed by atoms with Crippen molar-refractivity contribution in [2.75, 3.05) is 18.5 Å². The first-order chi connectivity index (χ1) is 9.88. The Morgan fingerprint density at radius 2 is 2.14 bits per heavy atom. The molecule has 1 heterocycles. The average molecular weight is 313 g/mol. The summed E-state index contributed by atoms with van der Waals surface area (Å²) >= 11 is 5.79. The van der Waals surface area contributed by atoms with Gasteiger partial charge in [-0.25, -0.2) is 9.59 Å². The number of nitrogens with zero attached hydrogens (tertiary/aromatic N) is 1. The molecule has 0 radical (unpaired) electrons. The number of carboxylic acids is 1. The number of carbonyl (C=O) groups is 2. The Hall–Kier alpha value is -1.79. The van der Waals surface area contributed by atoms with Crippen LogP contribution in [0.25, 0.3) is 0 Å². The lowest BCUT2D eigenvalue weighted by atomic mass is 10.1. The highest BCUT2D eigenvalue weighted by Gasteiger charge is 2.28. The van der Waals surface area contributed by atoms with Crippen LogP contribution in [0, 0.1) is 0 Å². The molecule has 2 atom stereocenters. The molecular formula is C14H17ClN2O4. The number of amides is 2. The Kier molecular flexibility index (Phi) is 4.69. The maximum Gasteiger partial charge on any atom is 0.337 e. The fourth-order valence-electron chi connectivity index (χ4n) is 2.18. The lowest BCUT2D eigenvalue weighted by molar-refractivity contribution is -0.0296. The van der Waals surface area contributed by atoms with E-state index in [0.717, 1.165) is 0 Å². The maximum atomic E-state index is 12.3. The lowest BCUT2D eigenvalue weighted by Gasteiger charge is -2.36. The second kappa shape index (κ2) is 6.32. The van der Waals surface area contributed by atoms with Crippen molar-refractivity contribution in [3.05, 3.63) is 28.8 Å². The van der Waals surface area contributed by atoms with Crippen molar-refractivity contribution in [2.24, 2.45) is 0 Å². The summed E-state index contributed by atoms with van der Waals surface area (Å²) < 4.78 is 5.47. The summed E-state index contributed by atoms with van der Waals surface area (Å²) in [5.74, 6) is -1.14. The van der Waals surface area contributed by atoms with Crippen LogP contribution in [0.4, 0.5) is 10.5 Å². The lowest BCUT2D eigenvalue weighted by Crippen LogP contribution is -2.51. The van der Waals surface area contributed by atoms with Gasteiger partial charge in [-0.05, 0) is 32.0 Å². The molecule has 0 saturated carbocycles. The zero-order valence-electron chi connectivity index (χ0n) is 11.8. The average Bonchev–Trinajstić information content (AvgIpc) is 2.43. The number of nitrogens with one attached hydrogen (secondary N) is 1. The van der Waals surface area contributed by atoms with E-state index < -0.39 is 5.97 Å². The number of morpholine rings is 1. The van der Waals surface area contributed by atoms with Gasteiger partial charge in [0.25, 0.3) is 0 Å². The van der Waals surface area contributed by atoms with E-state index in [1.807, 2.05) is 13.8 Å². The monoisotopic (exact) mass is 312 g/mol. The zero-order valence-corrected chi connectivity index (χ0v) is 12.6. The molecule has 7 heteroatoms. The highest BCUT2D eigenvalue weighted by Crippen LogP contribution is 2.22. The summed E-state index contributed by atoms with van der Waals surface area (Å²) in [6.45, 7) is 4.69. The summed E-state index contributed by atoms with van der Waals surface area (Å²) in [6.07, 6.45) is -0.0453. The number of ether oxygens (including phenoxy) is 1. The first-order valence-electron chi connectivity index (χ1n) is 6.60. The number of halogens is 1. The van der Waals surface area contributed by atoms with Crippen LogP contribution in [0.5, 0.6) is 0 Å². The smallest absolute Gasteiger partial charge is 0.337 e. The minimum absolute atomic E-state index is 0.0372. The van der Waals surface area contributed by atoms with Gasteiger partial charge in [0.1, 0.15) is 0 Å². The van der Waals surface area contributed by atoms with E-state index in [1.54, 1.807) is 4.90 Å². The number of hydrogen-bond donors (Lipinski definition) is 2. The van der Waals surface area contributed by atoms with Gasteiger partial charge in [0.05, 0.1) is 30.0 Å². The van der Waals surface area contributed by atoms with Gasteiger partial charge in [-0.1, -0.05) is 11.6 Å². The first-order valence-corrected chi connectivity index (χ1v) is 6.98. The number of anilines is 1. The molecule has 1 fully saturated rings. The van der Waals surface area contributed by atoms with Crippen molar-refractivity contribution in [3.8, 4) is 0 Å². The van der Waals surface area contributed by atoms with Crippen LogP contribution < -0.4 is 5.32 Å². The number of aromatic carboxylic acids is 1. The highest BCUT2D eigenvalue weighted by atomic mass is 35.5. The zero-order chi connectivity index (χ0) is 15.6. The number of rotatable bonds is 2. The summed E-state index contributed by atoms with van der Waals surface area (Å²) in [5.41, 5.74) is 0.188. The van der Waals surface area contributed by atoms with E-state index in [4.69, 9.17) is 21.4 Å². The largest absolute Gasteiger partial charge is 0.478 e. The third-order valence-corrected chi connectivity index (χ3v) is 3.56. The molecule has 2 unspecified atom stereocenters. The fraction of sp³-hybridized carbons (Fsp3) is 0.429. The molecule has 0 bridgehead atoms. The highest BCUT2D eigenvalue weighted by molar-refractivity contribution is 6.31. The van der Waals surface area contributed by atoms with Crippen LogP contribution in [-0.2, 0) is 4.74 Å². The Labute approximate surface area is 127 Å². The predicted molar refractivity (Wildman–Crippen MR) is 79.0 cm³/mol.